The molecule has 0 radical (unpaired) electrons. The van der Waals surface area contributed by atoms with E-state index in [-0.39, 0.29) is 11.6 Å². The van der Waals surface area contributed by atoms with Crippen LogP contribution in [0.25, 0.3) is 0 Å². The lowest BCUT2D eigenvalue weighted by Gasteiger charge is -2.43. The Morgan fingerprint density at radius 2 is 2.38 bits per heavy atom. The maximum absolute atomic E-state index is 9.19. The molecule has 2 rings (SSSR count). The lowest BCUT2D eigenvalue weighted by Crippen LogP contribution is -2.58. The Kier molecular flexibility index (Phi) is 3.80. The van der Waals surface area contributed by atoms with Crippen LogP contribution in [0, 0.1) is 11.3 Å². The summed E-state index contributed by atoms with van der Waals surface area (Å²) >= 11 is 0. The van der Waals surface area contributed by atoms with Crippen LogP contribution >= 0.6 is 0 Å². The summed E-state index contributed by atoms with van der Waals surface area (Å²) in [4.78, 5) is 0. The molecule has 16 heavy (non-hydrogen) atoms. The molecule has 0 aromatic rings. The first-order chi connectivity index (χ1) is 7.78. The van der Waals surface area contributed by atoms with Crippen molar-refractivity contribution >= 4 is 0 Å². The number of rotatable bonds is 5. The molecule has 1 unspecified atom stereocenters. The summed E-state index contributed by atoms with van der Waals surface area (Å²) in [5.41, 5.74) is -0.355. The van der Waals surface area contributed by atoms with E-state index in [4.69, 9.17) is 9.47 Å². The van der Waals surface area contributed by atoms with Crippen LogP contribution in [0.2, 0.25) is 0 Å². The van der Waals surface area contributed by atoms with Crippen molar-refractivity contribution in [3.63, 3.8) is 0 Å². The molecule has 4 nitrogen and oxygen atoms in total. The number of nitrogens with one attached hydrogen (secondary N) is 1. The highest BCUT2D eigenvalue weighted by atomic mass is 16.5. The third-order valence-electron chi connectivity index (χ3n) is 3.46. The maximum atomic E-state index is 9.19. The van der Waals surface area contributed by atoms with Crippen molar-refractivity contribution in [1.29, 1.82) is 5.26 Å². The molecule has 1 atom stereocenters. The van der Waals surface area contributed by atoms with E-state index >= 15 is 0 Å². The fourth-order valence-electron chi connectivity index (χ4n) is 2.46. The first-order valence-corrected chi connectivity index (χ1v) is 6.17. The zero-order chi connectivity index (χ0) is 11.4. The third-order valence-corrected chi connectivity index (χ3v) is 3.46. The van der Waals surface area contributed by atoms with Crippen molar-refractivity contribution in [2.45, 2.75) is 50.4 Å². The van der Waals surface area contributed by atoms with Gasteiger partial charge in [0.1, 0.15) is 5.54 Å². The Bertz CT molecular complexity index is 263. The van der Waals surface area contributed by atoms with Crippen molar-refractivity contribution in [3.05, 3.63) is 0 Å². The third kappa shape index (κ3) is 2.54. The largest absolute Gasteiger partial charge is 0.378 e. The van der Waals surface area contributed by atoms with Crippen molar-refractivity contribution < 1.29 is 9.47 Å². The van der Waals surface area contributed by atoms with Crippen LogP contribution in [-0.4, -0.2) is 37.5 Å². The molecule has 90 valence electrons. The number of nitrogens with zero attached hydrogens (tertiary/aromatic N) is 1. The highest BCUT2D eigenvalue weighted by Gasteiger charge is 2.45. The molecule has 0 amide bonds. The molecule has 1 N–H and O–H groups in total. The lowest BCUT2D eigenvalue weighted by molar-refractivity contribution is -0.0348. The average Bonchev–Trinajstić information content (AvgIpc) is 2.74. The Balaban J connectivity index is 1.72. The molecule has 1 heterocycles. The normalized spacial score (nSPS) is 38.0. The molecule has 1 aliphatic carbocycles. The van der Waals surface area contributed by atoms with E-state index in [1.165, 1.54) is 0 Å². The molecule has 1 aliphatic heterocycles. The Morgan fingerprint density at radius 1 is 1.56 bits per heavy atom. The van der Waals surface area contributed by atoms with Crippen LogP contribution in [-0.2, 0) is 9.47 Å². The van der Waals surface area contributed by atoms with Crippen LogP contribution in [0.4, 0.5) is 0 Å². The minimum absolute atomic E-state index is 0.265. The summed E-state index contributed by atoms with van der Waals surface area (Å²) < 4.78 is 11.0. The van der Waals surface area contributed by atoms with Crippen LogP contribution in [0.1, 0.15) is 32.6 Å². The summed E-state index contributed by atoms with van der Waals surface area (Å²) in [7, 11) is 0. The highest BCUT2D eigenvalue weighted by Crippen LogP contribution is 2.34. The first-order valence-electron chi connectivity index (χ1n) is 6.17. The maximum Gasteiger partial charge on any atom is 0.111 e. The summed E-state index contributed by atoms with van der Waals surface area (Å²) in [5.74, 6) is 0. The van der Waals surface area contributed by atoms with E-state index in [1.54, 1.807) is 0 Å². The Morgan fingerprint density at radius 3 is 2.94 bits per heavy atom. The van der Waals surface area contributed by atoms with Gasteiger partial charge in [-0.1, -0.05) is 0 Å². The zero-order valence-electron chi connectivity index (χ0n) is 9.87. The molecule has 0 bridgehead atoms. The van der Waals surface area contributed by atoms with Gasteiger partial charge >= 0.3 is 0 Å². The topological polar surface area (TPSA) is 54.3 Å². The van der Waals surface area contributed by atoms with Gasteiger partial charge < -0.3 is 9.47 Å². The number of hydrogen-bond acceptors (Lipinski definition) is 4. The molecule has 4 heteroatoms. The van der Waals surface area contributed by atoms with E-state index in [0.29, 0.717) is 6.10 Å². The molecule has 0 aromatic carbocycles. The minimum Gasteiger partial charge on any atom is -0.378 e. The van der Waals surface area contributed by atoms with Crippen LogP contribution < -0.4 is 5.32 Å². The second-order valence-electron chi connectivity index (χ2n) is 4.70. The van der Waals surface area contributed by atoms with Crippen LogP contribution in [0.5, 0.6) is 0 Å². The van der Waals surface area contributed by atoms with E-state index in [1.807, 2.05) is 6.92 Å². The minimum atomic E-state index is -0.355. The van der Waals surface area contributed by atoms with E-state index < -0.39 is 0 Å². The molecule has 1 saturated carbocycles. The van der Waals surface area contributed by atoms with Gasteiger partial charge in [0, 0.05) is 32.6 Å². The first kappa shape index (κ1) is 11.8. The van der Waals surface area contributed by atoms with Gasteiger partial charge in [0.05, 0.1) is 18.3 Å². The molecule has 1 saturated heterocycles. The summed E-state index contributed by atoms with van der Waals surface area (Å²) in [6.45, 7) is 4.39. The monoisotopic (exact) mass is 224 g/mol. The quantitative estimate of drug-likeness (QED) is 0.762. The number of hydrogen-bond donors (Lipinski definition) is 1. The van der Waals surface area contributed by atoms with Gasteiger partial charge in [0.25, 0.3) is 0 Å². The molecular formula is C12H20N2O2. The molecule has 0 aromatic heterocycles. The number of nitriles is 1. The van der Waals surface area contributed by atoms with Crippen molar-refractivity contribution in [1.82, 2.24) is 5.32 Å². The predicted octanol–water partition coefficient (Wildman–Crippen LogP) is 1.22. The number of ether oxygens (including phenoxy) is 2. The fraction of sp³-hybridized carbons (Fsp3) is 0.917. The molecular weight excluding hydrogens is 204 g/mol. The average molecular weight is 224 g/mol. The van der Waals surface area contributed by atoms with E-state index in [0.717, 1.165) is 45.4 Å². The summed E-state index contributed by atoms with van der Waals surface area (Å²) in [5, 5.41) is 12.5. The van der Waals surface area contributed by atoms with Gasteiger partial charge in [-0.25, -0.2) is 0 Å². The molecule has 0 spiro atoms. The smallest absolute Gasteiger partial charge is 0.111 e. The van der Waals surface area contributed by atoms with Gasteiger partial charge in [0.2, 0.25) is 0 Å². The van der Waals surface area contributed by atoms with Crippen molar-refractivity contribution in [2.24, 2.45) is 0 Å². The van der Waals surface area contributed by atoms with Gasteiger partial charge in [-0.15, -0.1) is 0 Å². The standard InChI is InChI=1S/C12H20N2O2/c1-2-15-11-6-12(7-11,9-13)14-8-10-4-3-5-16-10/h10-11,14H,2-8H2,1H3. The van der Waals surface area contributed by atoms with Crippen LogP contribution in [0.3, 0.4) is 0 Å². The lowest BCUT2D eigenvalue weighted by atomic mass is 9.75. The SMILES string of the molecule is CCOC1CC(C#N)(NCC2CCCO2)C1. The van der Waals surface area contributed by atoms with Gasteiger partial charge in [-0.2, -0.15) is 5.26 Å². The molecule has 2 fully saturated rings. The van der Waals surface area contributed by atoms with Gasteiger partial charge in [-0.3, -0.25) is 5.32 Å². The molecule has 2 aliphatic rings. The van der Waals surface area contributed by atoms with Gasteiger partial charge in [-0.05, 0) is 19.8 Å². The zero-order valence-corrected chi connectivity index (χ0v) is 9.87. The Hall–Kier alpha value is -0.630. The van der Waals surface area contributed by atoms with Crippen molar-refractivity contribution in [3.8, 4) is 6.07 Å². The predicted molar refractivity (Wildman–Crippen MR) is 60.0 cm³/mol. The summed E-state index contributed by atoms with van der Waals surface area (Å²) in [6.07, 6.45) is 4.45. The second-order valence-corrected chi connectivity index (χ2v) is 4.70. The van der Waals surface area contributed by atoms with Crippen molar-refractivity contribution in [2.75, 3.05) is 19.8 Å². The Labute approximate surface area is 96.9 Å². The fourth-order valence-corrected chi connectivity index (χ4v) is 2.46. The van der Waals surface area contributed by atoms with Crippen LogP contribution in [0.15, 0.2) is 0 Å². The summed E-state index contributed by atoms with van der Waals surface area (Å²) in [6, 6.07) is 2.38. The highest BCUT2D eigenvalue weighted by molar-refractivity contribution is 5.16. The van der Waals surface area contributed by atoms with E-state index in [9.17, 15) is 5.26 Å². The van der Waals surface area contributed by atoms with Gasteiger partial charge in [0.15, 0.2) is 0 Å². The second kappa shape index (κ2) is 5.13. The van der Waals surface area contributed by atoms with E-state index in [2.05, 4.69) is 11.4 Å².